The second-order valence-electron chi connectivity index (χ2n) is 9.88. The molecule has 2 bridgehead atoms. The number of hydrazone groups is 1. The predicted octanol–water partition coefficient (Wildman–Crippen LogP) is 4.92. The fourth-order valence-electron chi connectivity index (χ4n) is 5.99. The summed E-state index contributed by atoms with van der Waals surface area (Å²) in [7, 11) is 0. The number of carbonyl (C=O) groups excluding carboxylic acids is 1. The summed E-state index contributed by atoms with van der Waals surface area (Å²) in [6.45, 7) is 4.69. The summed E-state index contributed by atoms with van der Waals surface area (Å²) in [6, 6.07) is 11.4. The molecule has 1 aliphatic heterocycles. The SMILES string of the molecule is Cc1ccc2c(cnn2CC23CC(C(=O)N4N=CCC4c4ccc(C)c(F)c4)(C2)C3)c1. The molecule has 0 radical (unpaired) electrons. The summed E-state index contributed by atoms with van der Waals surface area (Å²) >= 11 is 0. The molecule has 5 nitrogen and oxygen atoms in total. The van der Waals surface area contributed by atoms with E-state index in [0.29, 0.717) is 12.0 Å². The van der Waals surface area contributed by atoms with Gasteiger partial charge in [-0.25, -0.2) is 9.40 Å². The molecule has 1 aromatic heterocycles. The summed E-state index contributed by atoms with van der Waals surface area (Å²) in [5.74, 6) is -0.141. The highest BCUT2D eigenvalue weighted by Gasteiger charge is 2.72. The minimum atomic E-state index is -0.303. The largest absolute Gasteiger partial charge is 0.272 e. The normalized spacial score (nSPS) is 28.6. The minimum absolute atomic E-state index is 0.0926. The molecule has 3 saturated carbocycles. The predicted molar refractivity (Wildman–Crippen MR) is 117 cm³/mol. The van der Waals surface area contributed by atoms with E-state index in [2.05, 4.69) is 40.0 Å². The molecule has 0 saturated heterocycles. The van der Waals surface area contributed by atoms with E-state index in [4.69, 9.17) is 0 Å². The number of amides is 1. The van der Waals surface area contributed by atoms with Crippen molar-refractivity contribution >= 4 is 23.0 Å². The maximum atomic E-state index is 14.1. The van der Waals surface area contributed by atoms with Crippen LogP contribution in [0.2, 0.25) is 0 Å². The zero-order chi connectivity index (χ0) is 21.4. The molecule has 0 spiro atoms. The summed E-state index contributed by atoms with van der Waals surface area (Å²) in [6.07, 6.45) is 6.99. The van der Waals surface area contributed by atoms with Crippen LogP contribution in [0.5, 0.6) is 0 Å². The van der Waals surface area contributed by atoms with Crippen LogP contribution in [0.1, 0.15) is 48.4 Å². The molecule has 1 unspecified atom stereocenters. The Bertz CT molecular complexity index is 1240. The maximum absolute atomic E-state index is 14.1. The lowest BCUT2D eigenvalue weighted by atomic mass is 9.34. The summed E-state index contributed by atoms with van der Waals surface area (Å²) in [5, 5.41) is 11.8. The van der Waals surface area contributed by atoms with Crippen molar-refractivity contribution in [3.63, 3.8) is 0 Å². The second-order valence-corrected chi connectivity index (χ2v) is 9.88. The fraction of sp³-hybridized carbons (Fsp3) is 0.400. The van der Waals surface area contributed by atoms with Gasteiger partial charge in [-0.1, -0.05) is 23.8 Å². The molecule has 3 aliphatic carbocycles. The topological polar surface area (TPSA) is 50.5 Å². The number of fused-ring (bicyclic) bond motifs is 1. The molecule has 0 N–H and O–H groups in total. The third-order valence-corrected chi connectivity index (χ3v) is 7.50. The average Bonchev–Trinajstić information content (AvgIpc) is 3.32. The molecule has 3 aromatic rings. The molecule has 7 rings (SSSR count). The molecule has 1 atom stereocenters. The zero-order valence-corrected chi connectivity index (χ0v) is 17.8. The first-order valence-electron chi connectivity index (χ1n) is 10.9. The van der Waals surface area contributed by atoms with Gasteiger partial charge in [-0.15, -0.1) is 0 Å². The number of aromatic nitrogens is 2. The Kier molecular flexibility index (Phi) is 3.78. The number of benzene rings is 2. The van der Waals surface area contributed by atoms with Gasteiger partial charge in [0.1, 0.15) is 5.82 Å². The van der Waals surface area contributed by atoms with Crippen LogP contribution in [-0.2, 0) is 11.3 Å². The van der Waals surface area contributed by atoms with Gasteiger partial charge in [0.25, 0.3) is 0 Å². The van der Waals surface area contributed by atoms with Crippen LogP contribution < -0.4 is 0 Å². The number of rotatable bonds is 4. The van der Waals surface area contributed by atoms with E-state index >= 15 is 0 Å². The van der Waals surface area contributed by atoms with Crippen LogP contribution >= 0.6 is 0 Å². The number of halogens is 1. The van der Waals surface area contributed by atoms with Crippen molar-refractivity contribution in [2.45, 2.75) is 52.1 Å². The van der Waals surface area contributed by atoms with E-state index in [-0.39, 0.29) is 28.6 Å². The Labute approximate surface area is 180 Å². The highest BCUT2D eigenvalue weighted by molar-refractivity contribution is 5.88. The number of nitrogens with zero attached hydrogens (tertiary/aromatic N) is 4. The van der Waals surface area contributed by atoms with E-state index in [1.54, 1.807) is 30.3 Å². The summed E-state index contributed by atoms with van der Waals surface area (Å²) in [5.41, 5.74) is 3.67. The third kappa shape index (κ3) is 2.70. The van der Waals surface area contributed by atoms with Crippen molar-refractivity contribution in [1.29, 1.82) is 0 Å². The van der Waals surface area contributed by atoms with Gasteiger partial charge in [0.05, 0.1) is 23.2 Å². The van der Waals surface area contributed by atoms with Gasteiger partial charge < -0.3 is 0 Å². The van der Waals surface area contributed by atoms with Crippen molar-refractivity contribution in [3.05, 3.63) is 65.1 Å². The molecule has 2 heterocycles. The van der Waals surface area contributed by atoms with Crippen LogP contribution in [0, 0.1) is 30.5 Å². The molecule has 2 aromatic carbocycles. The number of hydrogen-bond acceptors (Lipinski definition) is 3. The Balaban J connectivity index is 1.17. The zero-order valence-electron chi connectivity index (χ0n) is 17.8. The van der Waals surface area contributed by atoms with E-state index in [1.165, 1.54) is 5.56 Å². The highest BCUT2D eigenvalue weighted by Crippen LogP contribution is 2.74. The van der Waals surface area contributed by atoms with Gasteiger partial charge in [-0.2, -0.15) is 10.2 Å². The molecule has 31 heavy (non-hydrogen) atoms. The first kappa shape index (κ1) is 18.7. The first-order chi connectivity index (χ1) is 14.9. The minimum Gasteiger partial charge on any atom is -0.272 e. The van der Waals surface area contributed by atoms with Crippen LogP contribution in [0.15, 0.2) is 47.7 Å². The van der Waals surface area contributed by atoms with Gasteiger partial charge >= 0.3 is 0 Å². The van der Waals surface area contributed by atoms with Crippen molar-refractivity contribution in [2.75, 3.05) is 0 Å². The summed E-state index contributed by atoms with van der Waals surface area (Å²) < 4.78 is 16.2. The number of carbonyl (C=O) groups is 1. The average molecular weight is 417 g/mol. The Morgan fingerprint density at radius 2 is 1.97 bits per heavy atom. The fourth-order valence-corrected chi connectivity index (χ4v) is 5.99. The molecule has 1 amide bonds. The van der Waals surface area contributed by atoms with Gasteiger partial charge in [-0.3, -0.25) is 9.48 Å². The van der Waals surface area contributed by atoms with Gasteiger partial charge in [-0.05, 0) is 67.9 Å². The molecule has 3 fully saturated rings. The van der Waals surface area contributed by atoms with Gasteiger partial charge in [0.15, 0.2) is 0 Å². The quantitative estimate of drug-likeness (QED) is 0.606. The summed E-state index contributed by atoms with van der Waals surface area (Å²) in [4.78, 5) is 13.4. The van der Waals surface area contributed by atoms with Crippen LogP contribution in [0.3, 0.4) is 0 Å². The monoisotopic (exact) mass is 416 g/mol. The van der Waals surface area contributed by atoms with Crippen molar-refractivity contribution in [2.24, 2.45) is 15.9 Å². The lowest BCUT2D eigenvalue weighted by Crippen LogP contribution is -2.68. The van der Waals surface area contributed by atoms with Gasteiger partial charge in [0.2, 0.25) is 5.91 Å². The van der Waals surface area contributed by atoms with Gasteiger partial charge in [0, 0.05) is 24.6 Å². The Morgan fingerprint density at radius 1 is 1.16 bits per heavy atom. The van der Waals surface area contributed by atoms with Crippen molar-refractivity contribution in [3.8, 4) is 0 Å². The first-order valence-corrected chi connectivity index (χ1v) is 10.9. The lowest BCUT2D eigenvalue weighted by Gasteiger charge is -2.69. The number of hydrogen-bond donors (Lipinski definition) is 0. The Morgan fingerprint density at radius 3 is 2.74 bits per heavy atom. The smallest absolute Gasteiger partial charge is 0.249 e. The highest BCUT2D eigenvalue weighted by atomic mass is 19.1. The van der Waals surface area contributed by atoms with E-state index < -0.39 is 0 Å². The standard InChI is InChI=1S/C25H25FN4O/c1-16-3-6-21-19(9-16)11-28-29(21)15-24-12-25(13-24,14-24)23(31)30-22(7-8-27-30)18-5-4-17(2)20(26)10-18/h3-6,8-11,22H,7,12-15H2,1-2H3. The molecule has 158 valence electrons. The third-order valence-electron chi connectivity index (χ3n) is 7.50. The van der Waals surface area contributed by atoms with E-state index in [0.717, 1.165) is 42.3 Å². The molecule has 6 heteroatoms. The van der Waals surface area contributed by atoms with Crippen LogP contribution in [0.25, 0.3) is 10.9 Å². The van der Waals surface area contributed by atoms with Crippen LogP contribution in [-0.4, -0.2) is 26.9 Å². The molecular formula is C25H25FN4O. The van der Waals surface area contributed by atoms with E-state index in [1.807, 2.05) is 12.3 Å². The maximum Gasteiger partial charge on any atom is 0.249 e. The van der Waals surface area contributed by atoms with Crippen molar-refractivity contribution in [1.82, 2.24) is 14.8 Å². The second kappa shape index (κ2) is 6.25. The lowest BCUT2D eigenvalue weighted by molar-refractivity contribution is -0.223. The van der Waals surface area contributed by atoms with Crippen molar-refractivity contribution < 1.29 is 9.18 Å². The Hall–Kier alpha value is -3.02. The van der Waals surface area contributed by atoms with E-state index in [9.17, 15) is 9.18 Å². The van der Waals surface area contributed by atoms with Crippen LogP contribution in [0.4, 0.5) is 4.39 Å². The number of aryl methyl sites for hydroxylation is 2. The molecular weight excluding hydrogens is 391 g/mol. The molecule has 4 aliphatic rings.